The van der Waals surface area contributed by atoms with Gasteiger partial charge in [-0.2, -0.15) is 5.10 Å². The van der Waals surface area contributed by atoms with Gasteiger partial charge in [0.25, 0.3) is 0 Å². The van der Waals surface area contributed by atoms with Crippen LogP contribution >= 0.6 is 11.6 Å². The Morgan fingerprint density at radius 3 is 3.00 bits per heavy atom. The number of hydrogen-bond acceptors (Lipinski definition) is 4. The summed E-state index contributed by atoms with van der Waals surface area (Å²) in [6.45, 7) is 1.71. The highest BCUT2D eigenvalue weighted by Gasteiger charge is 2.27. The summed E-state index contributed by atoms with van der Waals surface area (Å²) >= 11 is 6.06. The van der Waals surface area contributed by atoms with Crippen LogP contribution in [-0.2, 0) is 22.9 Å². The Bertz CT molecular complexity index is 1060. The number of H-pyrrole nitrogens is 1. The van der Waals surface area contributed by atoms with E-state index in [9.17, 15) is 8.42 Å². The van der Waals surface area contributed by atoms with Crippen molar-refractivity contribution in [2.24, 2.45) is 0 Å². The highest BCUT2D eigenvalue weighted by molar-refractivity contribution is 7.89. The number of nitrogens with zero attached hydrogens (tertiary/aromatic N) is 2. The molecule has 1 unspecified atom stereocenters. The van der Waals surface area contributed by atoms with E-state index < -0.39 is 10.0 Å². The number of halogens is 1. The van der Waals surface area contributed by atoms with E-state index in [4.69, 9.17) is 11.6 Å². The molecule has 0 aliphatic heterocycles. The zero-order valence-electron chi connectivity index (χ0n) is 13.6. The number of aromatic nitrogens is 3. The van der Waals surface area contributed by atoms with Crippen LogP contribution in [0.25, 0.3) is 11.0 Å². The normalized spacial score (nSPS) is 17.6. The van der Waals surface area contributed by atoms with Crippen molar-refractivity contribution < 1.29 is 8.42 Å². The van der Waals surface area contributed by atoms with Crippen molar-refractivity contribution in [1.29, 1.82) is 0 Å². The summed E-state index contributed by atoms with van der Waals surface area (Å²) < 4.78 is 28.3. The van der Waals surface area contributed by atoms with Crippen LogP contribution < -0.4 is 4.72 Å². The predicted octanol–water partition coefficient (Wildman–Crippen LogP) is 2.76. The summed E-state index contributed by atoms with van der Waals surface area (Å²) in [4.78, 5) is 4.59. The summed E-state index contributed by atoms with van der Waals surface area (Å²) in [7, 11) is -3.62. The van der Waals surface area contributed by atoms with E-state index in [1.807, 2.05) is 0 Å². The fraction of sp³-hybridized carbons (Fsp3) is 0.294. The number of sulfonamides is 1. The van der Waals surface area contributed by atoms with Crippen LogP contribution in [0.2, 0.25) is 5.02 Å². The number of hydrogen-bond donors (Lipinski definition) is 2. The van der Waals surface area contributed by atoms with Gasteiger partial charge in [0.1, 0.15) is 0 Å². The molecule has 2 heterocycles. The predicted molar refractivity (Wildman–Crippen MR) is 96.2 cm³/mol. The molecule has 3 aromatic rings. The van der Waals surface area contributed by atoms with E-state index in [0.717, 1.165) is 29.4 Å². The lowest BCUT2D eigenvalue weighted by Gasteiger charge is -2.25. The van der Waals surface area contributed by atoms with Crippen molar-refractivity contribution in [2.75, 3.05) is 0 Å². The van der Waals surface area contributed by atoms with Gasteiger partial charge < -0.3 is 0 Å². The molecule has 25 heavy (non-hydrogen) atoms. The quantitative estimate of drug-likeness (QED) is 0.735. The second-order valence-corrected chi connectivity index (χ2v) is 8.41. The molecule has 0 fully saturated rings. The van der Waals surface area contributed by atoms with Gasteiger partial charge in [0, 0.05) is 22.6 Å². The lowest BCUT2D eigenvalue weighted by molar-refractivity contribution is 0.508. The third-order valence-corrected chi connectivity index (χ3v) is 6.79. The molecular weight excluding hydrogens is 360 g/mol. The third-order valence-electron chi connectivity index (χ3n) is 4.72. The molecule has 2 aromatic heterocycles. The van der Waals surface area contributed by atoms with Crippen LogP contribution in [0.1, 0.15) is 23.1 Å². The summed E-state index contributed by atoms with van der Waals surface area (Å²) in [5.41, 5.74) is 3.60. The van der Waals surface area contributed by atoms with Crippen molar-refractivity contribution in [2.45, 2.75) is 37.1 Å². The highest BCUT2D eigenvalue weighted by Crippen LogP contribution is 2.28. The second kappa shape index (κ2) is 6.09. The van der Waals surface area contributed by atoms with Crippen molar-refractivity contribution in [3.8, 4) is 0 Å². The summed E-state index contributed by atoms with van der Waals surface area (Å²) in [5.74, 6) is 0. The summed E-state index contributed by atoms with van der Waals surface area (Å²) in [5, 5.41) is 8.37. The first-order valence-corrected chi connectivity index (χ1v) is 9.89. The summed E-state index contributed by atoms with van der Waals surface area (Å²) in [6.07, 6.45) is 5.72. The fourth-order valence-electron chi connectivity index (χ4n) is 3.41. The molecule has 0 bridgehead atoms. The van der Waals surface area contributed by atoms with Crippen LogP contribution in [0.3, 0.4) is 0 Å². The maximum atomic E-state index is 12.8. The average molecular weight is 377 g/mol. The first kappa shape index (κ1) is 16.5. The molecule has 8 heteroatoms. The largest absolute Gasteiger partial charge is 0.261 e. The zero-order chi connectivity index (χ0) is 17.6. The minimum atomic E-state index is -3.62. The standard InChI is InChI=1S/C17H17ClN4O2S/c1-10-15(18)3-2-4-16(10)25(23,24)22-12-5-6-13-11(7-12)8-19-17-14(13)9-20-21-17/h2-4,8-9,12,22H,5-7H2,1H3,(H,19,20,21). The smallest absolute Gasteiger partial charge is 0.241 e. The number of aromatic amines is 1. The molecule has 6 nitrogen and oxygen atoms in total. The van der Waals surface area contributed by atoms with Gasteiger partial charge in [-0.1, -0.05) is 17.7 Å². The van der Waals surface area contributed by atoms with Crippen molar-refractivity contribution >= 4 is 32.7 Å². The van der Waals surface area contributed by atoms with E-state index in [2.05, 4.69) is 19.9 Å². The minimum absolute atomic E-state index is 0.165. The van der Waals surface area contributed by atoms with Gasteiger partial charge >= 0.3 is 0 Å². The van der Waals surface area contributed by atoms with E-state index in [-0.39, 0.29) is 10.9 Å². The molecule has 130 valence electrons. The minimum Gasteiger partial charge on any atom is -0.261 e. The Hall–Kier alpha value is -1.96. The lowest BCUT2D eigenvalue weighted by atomic mass is 9.88. The van der Waals surface area contributed by atoms with Gasteiger partial charge in [0.15, 0.2) is 5.65 Å². The van der Waals surface area contributed by atoms with Gasteiger partial charge in [-0.25, -0.2) is 18.1 Å². The Labute approximate surface area is 150 Å². The molecule has 0 saturated heterocycles. The zero-order valence-corrected chi connectivity index (χ0v) is 15.2. The number of nitrogens with one attached hydrogen (secondary N) is 2. The third kappa shape index (κ3) is 2.92. The summed E-state index contributed by atoms with van der Waals surface area (Å²) in [6, 6.07) is 4.76. The van der Waals surface area contributed by atoms with Crippen LogP contribution in [0.15, 0.2) is 35.5 Å². The van der Waals surface area contributed by atoms with Gasteiger partial charge in [0.2, 0.25) is 10.0 Å². The molecule has 1 aliphatic rings. The highest BCUT2D eigenvalue weighted by atomic mass is 35.5. The van der Waals surface area contributed by atoms with Crippen molar-refractivity contribution in [3.05, 3.63) is 52.3 Å². The van der Waals surface area contributed by atoms with E-state index in [1.165, 1.54) is 5.56 Å². The molecule has 0 spiro atoms. The first-order chi connectivity index (χ1) is 12.0. The molecule has 1 aliphatic carbocycles. The van der Waals surface area contributed by atoms with Crippen LogP contribution in [-0.4, -0.2) is 29.6 Å². The molecular formula is C17H17ClN4O2S. The average Bonchev–Trinajstić information content (AvgIpc) is 3.05. The van der Waals surface area contributed by atoms with Gasteiger partial charge in [-0.3, -0.25) is 5.10 Å². The maximum absolute atomic E-state index is 12.8. The molecule has 0 amide bonds. The number of rotatable bonds is 3. The van der Waals surface area contributed by atoms with Gasteiger partial charge in [-0.05, 0) is 55.0 Å². The van der Waals surface area contributed by atoms with Gasteiger partial charge in [0.05, 0.1) is 11.1 Å². The molecule has 1 atom stereocenters. The Kier molecular flexibility index (Phi) is 4.02. The molecule has 1 aromatic carbocycles. The lowest BCUT2D eigenvalue weighted by Crippen LogP contribution is -2.39. The number of benzene rings is 1. The fourth-order valence-corrected chi connectivity index (χ4v) is 5.18. The van der Waals surface area contributed by atoms with Crippen LogP contribution in [0, 0.1) is 6.92 Å². The van der Waals surface area contributed by atoms with Crippen molar-refractivity contribution in [3.63, 3.8) is 0 Å². The SMILES string of the molecule is Cc1c(Cl)cccc1S(=O)(=O)NC1CCc2c(cnc3[nH]ncc23)C1. The molecule has 2 N–H and O–H groups in total. The topological polar surface area (TPSA) is 87.7 Å². The Balaban J connectivity index is 1.61. The first-order valence-electron chi connectivity index (χ1n) is 8.03. The second-order valence-electron chi connectivity index (χ2n) is 6.32. The monoisotopic (exact) mass is 376 g/mol. The number of fused-ring (bicyclic) bond motifs is 3. The van der Waals surface area contributed by atoms with E-state index in [0.29, 0.717) is 17.0 Å². The molecule has 0 radical (unpaired) electrons. The van der Waals surface area contributed by atoms with E-state index >= 15 is 0 Å². The molecule has 4 rings (SSSR count). The van der Waals surface area contributed by atoms with E-state index in [1.54, 1.807) is 37.5 Å². The Morgan fingerprint density at radius 2 is 2.16 bits per heavy atom. The number of aryl methyl sites for hydroxylation is 1. The van der Waals surface area contributed by atoms with Crippen molar-refractivity contribution in [1.82, 2.24) is 19.9 Å². The van der Waals surface area contributed by atoms with Crippen LogP contribution in [0.5, 0.6) is 0 Å². The Morgan fingerprint density at radius 1 is 1.32 bits per heavy atom. The number of pyridine rings is 1. The van der Waals surface area contributed by atoms with Gasteiger partial charge in [-0.15, -0.1) is 0 Å². The molecule has 0 saturated carbocycles. The van der Waals surface area contributed by atoms with Crippen LogP contribution in [0.4, 0.5) is 0 Å². The maximum Gasteiger partial charge on any atom is 0.241 e.